The Morgan fingerprint density at radius 3 is 2.27 bits per heavy atom. The van der Waals surface area contributed by atoms with Crippen molar-refractivity contribution in [2.45, 2.75) is 52.6 Å². The van der Waals surface area contributed by atoms with Gasteiger partial charge in [0.1, 0.15) is 0 Å². The SMILES string of the molecule is CCCP(=O)(F)OC1CC(C)CC(C)C1. The predicted octanol–water partition coefficient (Wildman–Crippen LogP) is 4.40. The summed E-state index contributed by atoms with van der Waals surface area (Å²) in [6.07, 6.45) is 3.37. The lowest BCUT2D eigenvalue weighted by atomic mass is 9.82. The van der Waals surface area contributed by atoms with Crippen molar-refractivity contribution in [1.82, 2.24) is 0 Å². The number of hydrogen-bond acceptors (Lipinski definition) is 2. The molecule has 0 radical (unpaired) electrons. The zero-order valence-corrected chi connectivity index (χ0v) is 10.8. The maximum atomic E-state index is 13.5. The fourth-order valence-electron chi connectivity index (χ4n) is 2.50. The Labute approximate surface area is 92.2 Å². The molecule has 2 nitrogen and oxygen atoms in total. The van der Waals surface area contributed by atoms with Crippen molar-refractivity contribution >= 4 is 7.68 Å². The largest absolute Gasteiger partial charge is 0.367 e. The molecule has 0 aliphatic heterocycles. The topological polar surface area (TPSA) is 26.3 Å². The van der Waals surface area contributed by atoms with E-state index in [1.165, 1.54) is 6.42 Å². The molecule has 4 heteroatoms. The highest BCUT2D eigenvalue weighted by molar-refractivity contribution is 7.53. The molecule has 0 aromatic rings. The van der Waals surface area contributed by atoms with Gasteiger partial charge in [-0.25, -0.2) is 0 Å². The van der Waals surface area contributed by atoms with Crippen molar-refractivity contribution in [3.8, 4) is 0 Å². The van der Waals surface area contributed by atoms with Crippen molar-refractivity contribution in [2.75, 3.05) is 6.16 Å². The van der Waals surface area contributed by atoms with Gasteiger partial charge >= 0.3 is 7.68 Å². The van der Waals surface area contributed by atoms with Gasteiger partial charge in [0.25, 0.3) is 0 Å². The highest BCUT2D eigenvalue weighted by atomic mass is 31.2. The fraction of sp³-hybridized carbons (Fsp3) is 1.00. The second-order valence-corrected chi connectivity index (χ2v) is 6.80. The number of hydrogen-bond donors (Lipinski definition) is 0. The minimum Gasteiger partial charge on any atom is -0.302 e. The summed E-state index contributed by atoms with van der Waals surface area (Å²) >= 11 is 0. The van der Waals surface area contributed by atoms with E-state index < -0.39 is 7.68 Å². The average Bonchev–Trinajstić information content (AvgIpc) is 1.99. The summed E-state index contributed by atoms with van der Waals surface area (Å²) in [5.74, 6) is 1.11. The molecule has 0 aromatic carbocycles. The Morgan fingerprint density at radius 1 is 1.27 bits per heavy atom. The van der Waals surface area contributed by atoms with Gasteiger partial charge in [-0.15, -0.1) is 0 Å². The van der Waals surface area contributed by atoms with Gasteiger partial charge in [0.15, 0.2) is 0 Å². The van der Waals surface area contributed by atoms with Crippen LogP contribution in [0.1, 0.15) is 46.5 Å². The summed E-state index contributed by atoms with van der Waals surface area (Å²) in [6, 6.07) is 0. The molecule has 0 saturated heterocycles. The second kappa shape index (κ2) is 5.45. The highest BCUT2D eigenvalue weighted by Crippen LogP contribution is 2.52. The van der Waals surface area contributed by atoms with Crippen LogP contribution in [0.3, 0.4) is 0 Å². The Balaban J connectivity index is 2.47. The third kappa shape index (κ3) is 4.65. The standard InChI is InChI=1S/C11H22FO2P/c1-4-5-15(12,13)14-11-7-9(2)6-10(3)8-11/h9-11H,4-8H2,1-3H3. The molecule has 0 heterocycles. The maximum Gasteiger partial charge on any atom is 0.367 e. The first-order chi connectivity index (χ1) is 6.93. The Kier molecular flexibility index (Phi) is 4.79. The van der Waals surface area contributed by atoms with E-state index in [0.717, 1.165) is 12.8 Å². The van der Waals surface area contributed by atoms with Crippen LogP contribution in [0.4, 0.5) is 4.20 Å². The number of halogens is 1. The van der Waals surface area contributed by atoms with Gasteiger partial charge in [0.05, 0.1) is 12.3 Å². The molecule has 0 bridgehead atoms. The fourth-order valence-corrected chi connectivity index (χ4v) is 3.76. The van der Waals surface area contributed by atoms with E-state index in [0.29, 0.717) is 18.3 Å². The van der Waals surface area contributed by atoms with Crippen LogP contribution in [-0.4, -0.2) is 12.3 Å². The molecule has 0 amide bonds. The summed E-state index contributed by atoms with van der Waals surface area (Å²) in [7, 11) is -3.81. The lowest BCUT2D eigenvalue weighted by Gasteiger charge is -2.31. The molecule has 3 atom stereocenters. The zero-order chi connectivity index (χ0) is 11.5. The van der Waals surface area contributed by atoms with Crippen LogP contribution < -0.4 is 0 Å². The molecule has 1 fully saturated rings. The van der Waals surface area contributed by atoms with Crippen LogP contribution in [0.5, 0.6) is 0 Å². The first kappa shape index (κ1) is 13.2. The van der Waals surface area contributed by atoms with Gasteiger partial charge in [-0.3, -0.25) is 4.57 Å². The number of rotatable bonds is 4. The molecule has 90 valence electrons. The van der Waals surface area contributed by atoms with Gasteiger partial charge in [-0.1, -0.05) is 20.8 Å². The van der Waals surface area contributed by atoms with E-state index in [2.05, 4.69) is 13.8 Å². The van der Waals surface area contributed by atoms with Crippen molar-refractivity contribution in [1.29, 1.82) is 0 Å². The van der Waals surface area contributed by atoms with E-state index in [1.54, 1.807) is 0 Å². The summed E-state index contributed by atoms with van der Waals surface area (Å²) in [6.45, 7) is 6.12. The van der Waals surface area contributed by atoms with Crippen LogP contribution in [0.2, 0.25) is 0 Å². The predicted molar refractivity (Wildman–Crippen MR) is 60.9 cm³/mol. The molecule has 0 N–H and O–H groups in total. The smallest absolute Gasteiger partial charge is 0.302 e. The highest BCUT2D eigenvalue weighted by Gasteiger charge is 2.31. The Bertz CT molecular complexity index is 235. The van der Waals surface area contributed by atoms with Crippen molar-refractivity contribution < 1.29 is 13.3 Å². The monoisotopic (exact) mass is 236 g/mol. The van der Waals surface area contributed by atoms with E-state index in [-0.39, 0.29) is 12.3 Å². The van der Waals surface area contributed by atoms with Crippen LogP contribution in [-0.2, 0) is 9.09 Å². The average molecular weight is 236 g/mol. The first-order valence-corrected chi connectivity index (χ1v) is 7.60. The molecule has 3 unspecified atom stereocenters. The van der Waals surface area contributed by atoms with Gasteiger partial charge in [-0.2, -0.15) is 4.20 Å². The zero-order valence-electron chi connectivity index (χ0n) is 9.91. The lowest BCUT2D eigenvalue weighted by molar-refractivity contribution is 0.0958. The molecular formula is C11H22FO2P. The third-order valence-corrected chi connectivity index (χ3v) is 4.53. The lowest BCUT2D eigenvalue weighted by Crippen LogP contribution is -2.25. The normalized spacial score (nSPS) is 36.1. The minimum absolute atomic E-state index is 0.0618. The summed E-state index contributed by atoms with van der Waals surface area (Å²) in [5.41, 5.74) is 0. The second-order valence-electron chi connectivity index (χ2n) is 4.96. The Morgan fingerprint density at radius 2 is 1.80 bits per heavy atom. The summed E-state index contributed by atoms with van der Waals surface area (Å²) in [5, 5.41) is 0. The van der Waals surface area contributed by atoms with Gasteiger partial charge in [-0.05, 0) is 37.5 Å². The minimum atomic E-state index is -3.81. The van der Waals surface area contributed by atoms with Crippen molar-refractivity contribution in [2.24, 2.45) is 11.8 Å². The summed E-state index contributed by atoms with van der Waals surface area (Å²) in [4.78, 5) is 0. The third-order valence-electron chi connectivity index (χ3n) is 2.93. The first-order valence-electron chi connectivity index (χ1n) is 5.90. The van der Waals surface area contributed by atoms with E-state index in [9.17, 15) is 8.76 Å². The van der Waals surface area contributed by atoms with E-state index in [4.69, 9.17) is 4.52 Å². The van der Waals surface area contributed by atoms with Crippen LogP contribution in [0.25, 0.3) is 0 Å². The Hall–Kier alpha value is 0.120. The molecule has 1 rings (SSSR count). The van der Waals surface area contributed by atoms with Crippen LogP contribution >= 0.6 is 7.68 Å². The molecule has 1 aliphatic carbocycles. The molecular weight excluding hydrogens is 214 g/mol. The quantitative estimate of drug-likeness (QED) is 0.676. The summed E-state index contributed by atoms with van der Waals surface area (Å²) < 4.78 is 30.0. The van der Waals surface area contributed by atoms with Gasteiger partial charge < -0.3 is 4.52 Å². The van der Waals surface area contributed by atoms with E-state index >= 15 is 0 Å². The van der Waals surface area contributed by atoms with Crippen molar-refractivity contribution in [3.05, 3.63) is 0 Å². The van der Waals surface area contributed by atoms with Gasteiger partial charge in [0, 0.05) is 0 Å². The van der Waals surface area contributed by atoms with E-state index in [1.807, 2.05) is 6.92 Å². The van der Waals surface area contributed by atoms with Crippen LogP contribution in [0, 0.1) is 11.8 Å². The molecule has 0 spiro atoms. The molecule has 0 aromatic heterocycles. The maximum absolute atomic E-state index is 13.5. The van der Waals surface area contributed by atoms with Gasteiger partial charge in [0.2, 0.25) is 0 Å². The van der Waals surface area contributed by atoms with Crippen molar-refractivity contribution in [3.63, 3.8) is 0 Å². The molecule has 1 saturated carbocycles. The molecule has 15 heavy (non-hydrogen) atoms. The molecule has 1 aliphatic rings. The van der Waals surface area contributed by atoms with Crippen LogP contribution in [0.15, 0.2) is 0 Å².